The summed E-state index contributed by atoms with van der Waals surface area (Å²) in [7, 11) is 3.70. The van der Waals surface area contributed by atoms with Gasteiger partial charge in [-0.15, -0.1) is 0 Å². The molecule has 1 aromatic rings. The van der Waals surface area contributed by atoms with E-state index < -0.39 is 5.60 Å². The van der Waals surface area contributed by atoms with Crippen LogP contribution in [-0.4, -0.2) is 42.9 Å². The Morgan fingerprint density at radius 2 is 2.10 bits per heavy atom. The zero-order chi connectivity index (χ0) is 14.6. The maximum atomic E-state index is 10.5. The molecule has 1 unspecified atom stereocenters. The molecule has 0 aliphatic heterocycles. The zero-order valence-electron chi connectivity index (χ0n) is 12.5. The van der Waals surface area contributed by atoms with Crippen molar-refractivity contribution >= 4 is 0 Å². The van der Waals surface area contributed by atoms with Crippen LogP contribution in [0.1, 0.15) is 37.3 Å². The minimum atomic E-state index is -0.541. The lowest BCUT2D eigenvalue weighted by atomic mass is 9.99. The fourth-order valence-electron chi connectivity index (χ4n) is 3.18. The molecule has 2 rings (SSSR count). The Labute approximate surface area is 121 Å². The number of ether oxygens (including phenoxy) is 1. The molecule has 4 nitrogen and oxygen atoms in total. The summed E-state index contributed by atoms with van der Waals surface area (Å²) in [6.07, 6.45) is 4.03. The van der Waals surface area contributed by atoms with Crippen LogP contribution >= 0.6 is 0 Å². The molecule has 1 saturated carbocycles. The predicted octanol–water partition coefficient (Wildman–Crippen LogP) is 1.93. The van der Waals surface area contributed by atoms with Gasteiger partial charge in [-0.1, -0.05) is 25.0 Å². The first-order valence-electron chi connectivity index (χ1n) is 7.34. The number of nitrogens with zero attached hydrogens (tertiary/aromatic N) is 1. The highest BCUT2D eigenvalue weighted by atomic mass is 16.5. The van der Waals surface area contributed by atoms with Gasteiger partial charge in [-0.3, -0.25) is 4.90 Å². The largest absolute Gasteiger partial charge is 0.497 e. The van der Waals surface area contributed by atoms with E-state index >= 15 is 0 Å². The minimum Gasteiger partial charge on any atom is -0.497 e. The van der Waals surface area contributed by atoms with Gasteiger partial charge in [0.15, 0.2) is 0 Å². The SMILES string of the molecule is COc1cccc(C(CN)N(C)CC2(O)CCCC2)c1. The number of rotatable bonds is 6. The molecule has 0 saturated heterocycles. The molecule has 0 radical (unpaired) electrons. The second-order valence-corrected chi connectivity index (χ2v) is 5.87. The molecule has 1 atom stereocenters. The van der Waals surface area contributed by atoms with Crippen LogP contribution in [0, 0.1) is 0 Å². The monoisotopic (exact) mass is 278 g/mol. The average Bonchev–Trinajstić information content (AvgIpc) is 2.86. The second-order valence-electron chi connectivity index (χ2n) is 5.87. The highest BCUT2D eigenvalue weighted by Crippen LogP contribution is 2.32. The Hall–Kier alpha value is -1.10. The maximum Gasteiger partial charge on any atom is 0.119 e. The molecule has 112 valence electrons. The Morgan fingerprint density at radius 3 is 2.70 bits per heavy atom. The maximum absolute atomic E-state index is 10.5. The van der Waals surface area contributed by atoms with Crippen molar-refractivity contribution < 1.29 is 9.84 Å². The van der Waals surface area contributed by atoms with Crippen molar-refractivity contribution in [1.29, 1.82) is 0 Å². The molecule has 1 aromatic carbocycles. The predicted molar refractivity (Wildman–Crippen MR) is 80.8 cm³/mol. The van der Waals surface area contributed by atoms with Crippen molar-refractivity contribution in [1.82, 2.24) is 4.90 Å². The fraction of sp³-hybridized carbons (Fsp3) is 0.625. The van der Waals surface area contributed by atoms with Crippen LogP contribution in [0.3, 0.4) is 0 Å². The van der Waals surface area contributed by atoms with Crippen molar-refractivity contribution in [2.75, 3.05) is 27.2 Å². The number of nitrogens with two attached hydrogens (primary N) is 1. The van der Waals surface area contributed by atoms with Gasteiger partial charge in [-0.05, 0) is 37.6 Å². The standard InChI is InChI=1S/C16H26N2O2/c1-18(12-16(19)8-3-4-9-16)15(11-17)13-6-5-7-14(10-13)20-2/h5-7,10,15,19H,3-4,8-9,11-12,17H2,1-2H3. The summed E-state index contributed by atoms with van der Waals surface area (Å²) in [5, 5.41) is 10.5. The van der Waals surface area contributed by atoms with Crippen LogP contribution in [0.15, 0.2) is 24.3 Å². The highest BCUT2D eigenvalue weighted by molar-refractivity contribution is 5.30. The molecule has 1 fully saturated rings. The van der Waals surface area contributed by atoms with Gasteiger partial charge in [0.1, 0.15) is 5.75 Å². The highest BCUT2D eigenvalue weighted by Gasteiger charge is 2.33. The van der Waals surface area contributed by atoms with Crippen LogP contribution in [-0.2, 0) is 0 Å². The van der Waals surface area contributed by atoms with Crippen LogP contribution in [0.4, 0.5) is 0 Å². The third-order valence-electron chi connectivity index (χ3n) is 4.31. The van der Waals surface area contributed by atoms with Gasteiger partial charge in [0.25, 0.3) is 0 Å². The molecule has 0 bridgehead atoms. The minimum absolute atomic E-state index is 0.106. The lowest BCUT2D eigenvalue weighted by Gasteiger charge is -2.34. The van der Waals surface area contributed by atoms with E-state index in [1.54, 1.807) is 7.11 Å². The van der Waals surface area contributed by atoms with E-state index in [9.17, 15) is 5.11 Å². The van der Waals surface area contributed by atoms with E-state index in [-0.39, 0.29) is 6.04 Å². The molecular weight excluding hydrogens is 252 g/mol. The van der Waals surface area contributed by atoms with E-state index in [4.69, 9.17) is 10.5 Å². The third kappa shape index (κ3) is 3.51. The van der Waals surface area contributed by atoms with Gasteiger partial charge >= 0.3 is 0 Å². The van der Waals surface area contributed by atoms with E-state index in [1.807, 2.05) is 25.2 Å². The summed E-state index contributed by atoms with van der Waals surface area (Å²) in [5.41, 5.74) is 6.55. The molecule has 1 aliphatic rings. The Kier molecular flexibility index (Phi) is 5.02. The molecule has 4 heteroatoms. The van der Waals surface area contributed by atoms with Crippen LogP contribution in [0.2, 0.25) is 0 Å². The molecule has 0 spiro atoms. The smallest absolute Gasteiger partial charge is 0.119 e. The van der Waals surface area contributed by atoms with Crippen molar-refractivity contribution in [3.63, 3.8) is 0 Å². The molecule has 20 heavy (non-hydrogen) atoms. The molecule has 0 heterocycles. The van der Waals surface area contributed by atoms with Gasteiger partial charge in [0, 0.05) is 19.1 Å². The summed E-state index contributed by atoms with van der Waals surface area (Å²) in [5.74, 6) is 0.842. The zero-order valence-corrected chi connectivity index (χ0v) is 12.5. The van der Waals surface area contributed by atoms with Gasteiger partial charge < -0.3 is 15.6 Å². The van der Waals surface area contributed by atoms with Crippen molar-refractivity contribution in [3.05, 3.63) is 29.8 Å². The molecule has 0 amide bonds. The number of methoxy groups -OCH3 is 1. The van der Waals surface area contributed by atoms with Gasteiger partial charge in [-0.25, -0.2) is 0 Å². The Morgan fingerprint density at radius 1 is 1.40 bits per heavy atom. The van der Waals surface area contributed by atoms with Crippen LogP contribution < -0.4 is 10.5 Å². The number of benzene rings is 1. The average molecular weight is 278 g/mol. The topological polar surface area (TPSA) is 58.7 Å². The molecule has 0 aromatic heterocycles. The Balaban J connectivity index is 2.10. The number of hydrogen-bond acceptors (Lipinski definition) is 4. The van der Waals surface area contributed by atoms with Gasteiger partial charge in [0.2, 0.25) is 0 Å². The first-order chi connectivity index (χ1) is 9.58. The van der Waals surface area contributed by atoms with E-state index in [2.05, 4.69) is 11.0 Å². The summed E-state index contributed by atoms with van der Waals surface area (Å²) in [4.78, 5) is 2.17. The third-order valence-corrected chi connectivity index (χ3v) is 4.31. The quantitative estimate of drug-likeness (QED) is 0.835. The Bertz CT molecular complexity index is 430. The van der Waals surface area contributed by atoms with E-state index in [1.165, 1.54) is 0 Å². The summed E-state index contributed by atoms with van der Waals surface area (Å²) in [6, 6.07) is 8.10. The summed E-state index contributed by atoms with van der Waals surface area (Å²) >= 11 is 0. The lowest BCUT2D eigenvalue weighted by Crippen LogP contribution is -2.42. The molecular formula is C16H26N2O2. The number of likely N-dealkylation sites (N-methyl/N-ethyl adjacent to an activating group) is 1. The summed E-state index contributed by atoms with van der Waals surface area (Å²) < 4.78 is 5.27. The van der Waals surface area contributed by atoms with Crippen molar-refractivity contribution in [2.24, 2.45) is 5.73 Å². The van der Waals surface area contributed by atoms with Gasteiger partial charge in [-0.2, -0.15) is 0 Å². The van der Waals surface area contributed by atoms with Crippen molar-refractivity contribution in [3.8, 4) is 5.75 Å². The van der Waals surface area contributed by atoms with E-state index in [0.717, 1.165) is 37.0 Å². The van der Waals surface area contributed by atoms with Crippen LogP contribution in [0.5, 0.6) is 5.75 Å². The molecule has 1 aliphatic carbocycles. The fourth-order valence-corrected chi connectivity index (χ4v) is 3.18. The molecule has 3 N–H and O–H groups in total. The van der Waals surface area contributed by atoms with E-state index in [0.29, 0.717) is 13.1 Å². The first-order valence-corrected chi connectivity index (χ1v) is 7.34. The van der Waals surface area contributed by atoms with Crippen LogP contribution in [0.25, 0.3) is 0 Å². The number of hydrogen-bond donors (Lipinski definition) is 2. The first kappa shape index (κ1) is 15.3. The number of aliphatic hydroxyl groups is 1. The summed E-state index contributed by atoms with van der Waals surface area (Å²) in [6.45, 7) is 1.20. The lowest BCUT2D eigenvalue weighted by molar-refractivity contribution is 0.00591. The second kappa shape index (κ2) is 6.57. The normalized spacial score (nSPS) is 19.2. The van der Waals surface area contributed by atoms with Gasteiger partial charge in [0.05, 0.1) is 12.7 Å². The van der Waals surface area contributed by atoms with Crippen molar-refractivity contribution in [2.45, 2.75) is 37.3 Å².